The Hall–Kier alpha value is -2.00. The molecule has 0 radical (unpaired) electrons. The molecular formula is C13H10BrFN4O2S. The van der Waals surface area contributed by atoms with Crippen LogP contribution in [-0.2, 0) is 9.84 Å². The zero-order chi connectivity index (χ0) is 15.9. The van der Waals surface area contributed by atoms with Gasteiger partial charge in [-0.3, -0.25) is 0 Å². The molecule has 0 aliphatic heterocycles. The number of rotatable bonds is 3. The van der Waals surface area contributed by atoms with Gasteiger partial charge in [0.05, 0.1) is 10.6 Å². The quantitative estimate of drug-likeness (QED) is 0.751. The van der Waals surface area contributed by atoms with Gasteiger partial charge in [0.25, 0.3) is 0 Å². The first-order valence-corrected chi connectivity index (χ1v) is 8.79. The highest BCUT2D eigenvalue weighted by atomic mass is 79.9. The summed E-state index contributed by atoms with van der Waals surface area (Å²) in [6.07, 6.45) is 6.03. The molecule has 0 atom stereocenters. The summed E-state index contributed by atoms with van der Waals surface area (Å²) in [4.78, 5) is 8.28. The molecule has 0 spiro atoms. The van der Waals surface area contributed by atoms with Crippen LogP contribution in [0, 0.1) is 5.82 Å². The molecule has 0 aliphatic carbocycles. The van der Waals surface area contributed by atoms with E-state index in [9.17, 15) is 12.8 Å². The monoisotopic (exact) mass is 384 g/mol. The molecule has 0 bridgehead atoms. The Labute approximate surface area is 134 Å². The third kappa shape index (κ3) is 2.81. The molecule has 9 heteroatoms. The van der Waals surface area contributed by atoms with Crippen molar-refractivity contribution in [3.8, 4) is 0 Å². The lowest BCUT2D eigenvalue weighted by molar-refractivity contribution is 0.596. The Morgan fingerprint density at radius 2 is 2.14 bits per heavy atom. The normalized spacial score (nSPS) is 11.8. The van der Waals surface area contributed by atoms with Gasteiger partial charge in [0.1, 0.15) is 10.4 Å². The molecule has 3 rings (SSSR count). The summed E-state index contributed by atoms with van der Waals surface area (Å²) in [6.45, 7) is 0. The number of hydrogen-bond donors (Lipinski definition) is 1. The fraction of sp³-hybridized carbons (Fsp3) is 0.0769. The summed E-state index contributed by atoms with van der Waals surface area (Å²) in [5.74, 6) is -0.323. The maximum atomic E-state index is 14.1. The van der Waals surface area contributed by atoms with Crippen molar-refractivity contribution >= 4 is 42.9 Å². The molecule has 114 valence electrons. The summed E-state index contributed by atoms with van der Waals surface area (Å²) in [5.41, 5.74) is 0.632. The molecule has 1 aromatic carbocycles. The van der Waals surface area contributed by atoms with Gasteiger partial charge >= 0.3 is 0 Å². The molecular weight excluding hydrogens is 375 g/mol. The van der Waals surface area contributed by atoms with Gasteiger partial charge in [-0.15, -0.1) is 0 Å². The largest absolute Gasteiger partial charge is 0.335 e. The van der Waals surface area contributed by atoms with Crippen molar-refractivity contribution in [3.05, 3.63) is 47.2 Å². The highest BCUT2D eigenvalue weighted by molar-refractivity contribution is 9.10. The van der Waals surface area contributed by atoms with Crippen LogP contribution in [0.15, 0.2) is 46.3 Å². The van der Waals surface area contributed by atoms with Crippen LogP contribution in [-0.4, -0.2) is 29.0 Å². The Morgan fingerprint density at radius 3 is 2.82 bits per heavy atom. The fourth-order valence-corrected chi connectivity index (χ4v) is 2.95. The number of sulfone groups is 1. The van der Waals surface area contributed by atoms with E-state index in [2.05, 4.69) is 31.2 Å². The SMILES string of the molecule is CS(=O)(=O)c1ccc(Nc2nccn3cc(Br)nc23)c(F)c1. The number of hydrogen-bond acceptors (Lipinski definition) is 5. The predicted octanol–water partition coefficient (Wildman–Crippen LogP) is 2.78. The van der Waals surface area contributed by atoms with Gasteiger partial charge < -0.3 is 9.72 Å². The van der Waals surface area contributed by atoms with Crippen LogP contribution in [0.25, 0.3) is 5.65 Å². The van der Waals surface area contributed by atoms with Crippen molar-refractivity contribution in [1.29, 1.82) is 0 Å². The van der Waals surface area contributed by atoms with E-state index in [1.54, 1.807) is 23.0 Å². The molecule has 6 nitrogen and oxygen atoms in total. The summed E-state index contributed by atoms with van der Waals surface area (Å²) >= 11 is 3.26. The fourth-order valence-electron chi connectivity index (χ4n) is 1.93. The van der Waals surface area contributed by atoms with Crippen LogP contribution in [0.1, 0.15) is 0 Å². The van der Waals surface area contributed by atoms with Gasteiger partial charge in [-0.1, -0.05) is 0 Å². The average molecular weight is 385 g/mol. The van der Waals surface area contributed by atoms with Gasteiger partial charge in [0.2, 0.25) is 0 Å². The summed E-state index contributed by atoms with van der Waals surface area (Å²) < 4.78 is 39.3. The van der Waals surface area contributed by atoms with E-state index in [0.717, 1.165) is 12.3 Å². The Morgan fingerprint density at radius 1 is 1.36 bits per heavy atom. The predicted molar refractivity (Wildman–Crippen MR) is 83.5 cm³/mol. The number of imidazole rings is 1. The Bertz CT molecular complexity index is 971. The van der Waals surface area contributed by atoms with Crippen molar-refractivity contribution < 1.29 is 12.8 Å². The number of nitrogens with one attached hydrogen (secondary N) is 1. The molecule has 3 aromatic rings. The van der Waals surface area contributed by atoms with Crippen molar-refractivity contribution in [2.45, 2.75) is 4.90 Å². The van der Waals surface area contributed by atoms with E-state index in [0.29, 0.717) is 16.1 Å². The van der Waals surface area contributed by atoms with Crippen molar-refractivity contribution in [1.82, 2.24) is 14.4 Å². The first kappa shape index (κ1) is 14.9. The van der Waals surface area contributed by atoms with E-state index in [1.165, 1.54) is 12.1 Å². The van der Waals surface area contributed by atoms with Gasteiger partial charge in [-0.25, -0.2) is 22.8 Å². The molecule has 1 N–H and O–H groups in total. The van der Waals surface area contributed by atoms with Crippen LogP contribution in [0.2, 0.25) is 0 Å². The number of fused-ring (bicyclic) bond motifs is 1. The van der Waals surface area contributed by atoms with Crippen LogP contribution in [0.5, 0.6) is 0 Å². The number of halogens is 2. The minimum atomic E-state index is -3.45. The molecule has 0 amide bonds. The summed E-state index contributed by atoms with van der Waals surface area (Å²) in [6, 6.07) is 3.66. The highest BCUT2D eigenvalue weighted by Gasteiger charge is 2.13. The molecule has 0 fully saturated rings. The number of benzene rings is 1. The van der Waals surface area contributed by atoms with Crippen LogP contribution in [0.3, 0.4) is 0 Å². The van der Waals surface area contributed by atoms with E-state index < -0.39 is 15.7 Å². The lowest BCUT2D eigenvalue weighted by atomic mass is 10.3. The Balaban J connectivity index is 2.02. The first-order valence-electron chi connectivity index (χ1n) is 6.10. The molecule has 0 aliphatic rings. The minimum Gasteiger partial charge on any atom is -0.335 e. The standard InChI is InChI=1S/C13H10BrFN4O2S/c1-22(20,21)8-2-3-10(9(15)6-8)17-12-13-18-11(14)7-19(13)5-4-16-12/h2-7H,1H3,(H,16,17). The zero-order valence-electron chi connectivity index (χ0n) is 11.3. The third-order valence-electron chi connectivity index (χ3n) is 2.97. The van der Waals surface area contributed by atoms with Gasteiger partial charge in [0, 0.05) is 24.8 Å². The van der Waals surface area contributed by atoms with Crippen LogP contribution < -0.4 is 5.32 Å². The van der Waals surface area contributed by atoms with Gasteiger partial charge in [-0.05, 0) is 34.1 Å². The van der Waals surface area contributed by atoms with E-state index in [1.807, 2.05) is 0 Å². The lowest BCUT2D eigenvalue weighted by Gasteiger charge is -2.08. The number of nitrogens with zero attached hydrogens (tertiary/aromatic N) is 3. The number of anilines is 2. The van der Waals surface area contributed by atoms with E-state index in [4.69, 9.17) is 0 Å². The van der Waals surface area contributed by atoms with Gasteiger partial charge in [0.15, 0.2) is 21.3 Å². The lowest BCUT2D eigenvalue weighted by Crippen LogP contribution is -2.02. The second kappa shape index (κ2) is 5.33. The minimum absolute atomic E-state index is 0.0785. The second-order valence-electron chi connectivity index (χ2n) is 4.61. The second-order valence-corrected chi connectivity index (χ2v) is 7.44. The third-order valence-corrected chi connectivity index (χ3v) is 4.46. The van der Waals surface area contributed by atoms with Crippen molar-refractivity contribution in [3.63, 3.8) is 0 Å². The highest BCUT2D eigenvalue weighted by Crippen LogP contribution is 2.24. The van der Waals surface area contributed by atoms with Crippen molar-refractivity contribution in [2.24, 2.45) is 0 Å². The summed E-state index contributed by atoms with van der Waals surface area (Å²) in [5, 5.41) is 2.82. The zero-order valence-corrected chi connectivity index (χ0v) is 13.7. The van der Waals surface area contributed by atoms with E-state index in [-0.39, 0.29) is 10.6 Å². The van der Waals surface area contributed by atoms with Crippen LogP contribution in [0.4, 0.5) is 15.9 Å². The molecule has 0 saturated heterocycles. The van der Waals surface area contributed by atoms with E-state index >= 15 is 0 Å². The molecule has 0 unspecified atom stereocenters. The van der Waals surface area contributed by atoms with Gasteiger partial charge in [-0.2, -0.15) is 0 Å². The van der Waals surface area contributed by atoms with Crippen molar-refractivity contribution in [2.75, 3.05) is 11.6 Å². The molecule has 22 heavy (non-hydrogen) atoms. The molecule has 2 heterocycles. The summed E-state index contributed by atoms with van der Waals surface area (Å²) in [7, 11) is -3.45. The maximum Gasteiger partial charge on any atom is 0.181 e. The average Bonchev–Trinajstić information content (AvgIpc) is 2.81. The first-order chi connectivity index (χ1) is 10.3. The Kier molecular flexibility index (Phi) is 3.61. The smallest absolute Gasteiger partial charge is 0.181 e. The van der Waals surface area contributed by atoms with Crippen LogP contribution >= 0.6 is 15.9 Å². The number of aromatic nitrogens is 3. The topological polar surface area (TPSA) is 76.4 Å². The molecule has 2 aromatic heterocycles. The molecule has 0 saturated carbocycles. The maximum absolute atomic E-state index is 14.1.